The second-order valence-corrected chi connectivity index (χ2v) is 4.65. The predicted molar refractivity (Wildman–Crippen MR) is 68.8 cm³/mol. The van der Waals surface area contributed by atoms with E-state index in [0.29, 0.717) is 5.56 Å². The van der Waals surface area contributed by atoms with Crippen molar-refractivity contribution in [1.29, 1.82) is 0 Å². The molecule has 96 valence electrons. The summed E-state index contributed by atoms with van der Waals surface area (Å²) in [7, 11) is 0. The van der Waals surface area contributed by atoms with Gasteiger partial charge in [-0.25, -0.2) is 0 Å². The molecule has 0 radical (unpaired) electrons. The van der Waals surface area contributed by atoms with Crippen molar-refractivity contribution in [1.82, 2.24) is 10.6 Å². The average molecular weight is 248 g/mol. The Balaban J connectivity index is 2.27. The first-order valence-corrected chi connectivity index (χ1v) is 5.96. The first-order chi connectivity index (χ1) is 9.36. The minimum Gasteiger partial charge on any atom is -0.342 e. The number of piperazine rings is 1. The molecule has 2 amide bonds. The number of carbonyl (C=O) groups is 2. The number of benzene rings is 1. The van der Waals surface area contributed by atoms with E-state index in [9.17, 15) is 9.59 Å². The Morgan fingerprint density at radius 1 is 1.22 bits per heavy atom. The topological polar surface area (TPSA) is 58.2 Å². The molecule has 18 heavy (non-hydrogen) atoms. The van der Waals surface area contributed by atoms with E-state index in [1.54, 1.807) is 30.3 Å². The molecule has 1 saturated heterocycles. The third-order valence-corrected chi connectivity index (χ3v) is 2.85. The largest absolute Gasteiger partial charge is 0.342 e. The van der Waals surface area contributed by atoms with Crippen LogP contribution in [0.2, 0.25) is 0 Å². The molecule has 0 bridgehead atoms. The first-order valence-electron chi connectivity index (χ1n) is 7.04. The highest BCUT2D eigenvalue weighted by atomic mass is 16.2. The smallest absolute Gasteiger partial charge is 0.243 e. The third-order valence-electron chi connectivity index (χ3n) is 2.85. The van der Waals surface area contributed by atoms with Gasteiger partial charge in [0.05, 0.1) is 1.37 Å². The van der Waals surface area contributed by atoms with Crippen LogP contribution < -0.4 is 10.6 Å². The van der Waals surface area contributed by atoms with Gasteiger partial charge >= 0.3 is 0 Å². The summed E-state index contributed by atoms with van der Waals surface area (Å²) < 4.78 is 16.3. The zero-order chi connectivity index (χ0) is 14.9. The van der Waals surface area contributed by atoms with Crippen molar-refractivity contribution in [2.45, 2.75) is 32.3 Å². The van der Waals surface area contributed by atoms with Crippen molar-refractivity contribution in [3.05, 3.63) is 35.9 Å². The predicted octanol–water partition coefficient (Wildman–Crippen LogP) is 0.868. The van der Waals surface area contributed by atoms with Crippen LogP contribution in [0.1, 0.15) is 22.2 Å². The van der Waals surface area contributed by atoms with Crippen molar-refractivity contribution >= 4 is 11.8 Å². The summed E-state index contributed by atoms with van der Waals surface area (Å²) in [6.07, 6.45) is -1.18. The van der Waals surface area contributed by atoms with E-state index < -0.39 is 30.3 Å². The molecule has 1 heterocycles. The van der Waals surface area contributed by atoms with E-state index in [1.165, 1.54) is 0 Å². The van der Waals surface area contributed by atoms with Gasteiger partial charge in [0.2, 0.25) is 11.8 Å². The standard InChI is InChI=1S/C14H18N2O2/c1-9(2)12-14(18)15-11(13(17)16-12)8-10-6-4-3-5-7-10/h3-7,9,11-12H,8H2,1-2H3,(H,15,18)(H,16,17)/t11-,12-/m0/s1/i8D,11D/t8-,11+,12+/m1. The van der Waals surface area contributed by atoms with E-state index in [-0.39, 0.29) is 5.92 Å². The lowest BCUT2D eigenvalue weighted by molar-refractivity contribution is -0.137. The Kier molecular flexibility index (Phi) is 2.93. The summed E-state index contributed by atoms with van der Waals surface area (Å²) in [5.74, 6) is -1.12. The van der Waals surface area contributed by atoms with Crippen molar-refractivity contribution in [3.8, 4) is 0 Å². The highest BCUT2D eigenvalue weighted by molar-refractivity contribution is 5.97. The van der Waals surface area contributed by atoms with Gasteiger partial charge < -0.3 is 10.6 Å². The molecule has 0 aromatic heterocycles. The van der Waals surface area contributed by atoms with Crippen LogP contribution in [0.3, 0.4) is 0 Å². The number of hydrogen-bond donors (Lipinski definition) is 2. The molecule has 4 heteroatoms. The van der Waals surface area contributed by atoms with Gasteiger partial charge in [0.25, 0.3) is 0 Å². The van der Waals surface area contributed by atoms with Crippen LogP contribution in [-0.4, -0.2) is 23.9 Å². The number of amides is 2. The van der Waals surface area contributed by atoms with Gasteiger partial charge in [-0.1, -0.05) is 44.2 Å². The number of hydrogen-bond acceptors (Lipinski definition) is 2. The summed E-state index contributed by atoms with van der Waals surface area (Å²) in [4.78, 5) is 24.2. The summed E-state index contributed by atoms with van der Waals surface area (Å²) in [5, 5.41) is 4.95. The summed E-state index contributed by atoms with van der Waals surface area (Å²) in [6, 6.07) is 5.96. The quantitative estimate of drug-likeness (QED) is 0.834. The lowest BCUT2D eigenvalue weighted by Crippen LogP contribution is -2.63. The normalized spacial score (nSPS) is 31.2. The van der Waals surface area contributed by atoms with Crippen molar-refractivity contribution in [2.75, 3.05) is 0 Å². The number of carbonyl (C=O) groups excluding carboxylic acids is 2. The Morgan fingerprint density at radius 2 is 1.89 bits per heavy atom. The molecule has 3 atom stereocenters. The number of nitrogens with one attached hydrogen (secondary N) is 2. The van der Waals surface area contributed by atoms with Crippen LogP contribution in [-0.2, 0) is 16.0 Å². The molecule has 1 aromatic carbocycles. The van der Waals surface area contributed by atoms with Crippen molar-refractivity contribution < 1.29 is 12.3 Å². The maximum atomic E-state index is 12.2. The molecule has 2 N–H and O–H groups in total. The fourth-order valence-corrected chi connectivity index (χ4v) is 1.84. The molecule has 1 aliphatic rings. The average Bonchev–Trinajstić information content (AvgIpc) is 2.42. The van der Waals surface area contributed by atoms with Crippen LogP contribution in [0.5, 0.6) is 0 Å². The second-order valence-electron chi connectivity index (χ2n) is 4.65. The molecular formula is C14H18N2O2. The molecule has 2 rings (SSSR count). The van der Waals surface area contributed by atoms with E-state index in [1.807, 2.05) is 13.8 Å². The monoisotopic (exact) mass is 248 g/mol. The highest BCUT2D eigenvalue weighted by Crippen LogP contribution is 2.10. The molecule has 1 fully saturated rings. The Hall–Kier alpha value is -1.84. The lowest BCUT2D eigenvalue weighted by Gasteiger charge is -2.31. The van der Waals surface area contributed by atoms with Crippen LogP contribution >= 0.6 is 0 Å². The van der Waals surface area contributed by atoms with E-state index in [4.69, 9.17) is 2.74 Å². The van der Waals surface area contributed by atoms with Gasteiger partial charge in [0, 0.05) is 7.77 Å². The molecule has 1 aromatic rings. The minimum absolute atomic E-state index is 0.0654. The molecule has 1 aliphatic heterocycles. The fraction of sp³-hybridized carbons (Fsp3) is 0.429. The number of rotatable bonds is 3. The Labute approximate surface area is 110 Å². The molecule has 0 aliphatic carbocycles. The summed E-state index contributed by atoms with van der Waals surface area (Å²) in [5.41, 5.74) is 0.515. The molecule has 0 saturated carbocycles. The first kappa shape index (κ1) is 10.1. The fourth-order valence-electron chi connectivity index (χ4n) is 1.84. The zero-order valence-electron chi connectivity index (χ0n) is 12.4. The summed E-state index contributed by atoms with van der Waals surface area (Å²) >= 11 is 0. The molecule has 0 spiro atoms. The van der Waals surface area contributed by atoms with Gasteiger partial charge in [-0.05, 0) is 11.5 Å². The van der Waals surface area contributed by atoms with Gasteiger partial charge in [-0.3, -0.25) is 9.59 Å². The van der Waals surface area contributed by atoms with Gasteiger partial charge in [-0.2, -0.15) is 0 Å². The van der Waals surface area contributed by atoms with E-state index >= 15 is 0 Å². The van der Waals surface area contributed by atoms with Crippen molar-refractivity contribution in [2.24, 2.45) is 5.92 Å². The van der Waals surface area contributed by atoms with Crippen LogP contribution in [0.15, 0.2) is 30.3 Å². The molecule has 0 unspecified atom stereocenters. The molecular weight excluding hydrogens is 228 g/mol. The maximum absolute atomic E-state index is 12.2. The second kappa shape index (κ2) is 5.21. The SMILES string of the molecule is [2H][C@H](c1ccccc1)[C@]1([2H])NC(=O)[C@H](C(C)C)NC1=O. The van der Waals surface area contributed by atoms with Gasteiger partial charge in [0.15, 0.2) is 0 Å². The van der Waals surface area contributed by atoms with E-state index in [2.05, 4.69) is 10.6 Å². The summed E-state index contributed by atoms with van der Waals surface area (Å²) in [6.45, 7) is 3.63. The highest BCUT2D eigenvalue weighted by Gasteiger charge is 2.34. The Bertz CT molecular complexity index is 521. The Morgan fingerprint density at radius 3 is 2.50 bits per heavy atom. The van der Waals surface area contributed by atoms with E-state index in [0.717, 1.165) is 0 Å². The third kappa shape index (κ3) is 2.70. The maximum Gasteiger partial charge on any atom is 0.243 e. The van der Waals surface area contributed by atoms with Crippen LogP contribution in [0.25, 0.3) is 0 Å². The lowest BCUT2D eigenvalue weighted by atomic mass is 9.97. The van der Waals surface area contributed by atoms with Gasteiger partial charge in [0.1, 0.15) is 12.1 Å². The minimum atomic E-state index is -2.00. The van der Waals surface area contributed by atoms with Gasteiger partial charge in [-0.15, -0.1) is 0 Å². The van der Waals surface area contributed by atoms with Crippen LogP contribution in [0, 0.1) is 5.92 Å². The van der Waals surface area contributed by atoms with Crippen LogP contribution in [0.4, 0.5) is 0 Å². The zero-order valence-corrected chi connectivity index (χ0v) is 10.4. The van der Waals surface area contributed by atoms with Crippen molar-refractivity contribution in [3.63, 3.8) is 0 Å². The molecule has 4 nitrogen and oxygen atoms in total.